The second-order valence-corrected chi connectivity index (χ2v) is 8.97. The number of aliphatic hydroxyl groups is 1. The smallest absolute Gasteiger partial charge is 0.407 e. The van der Waals surface area contributed by atoms with Crippen LogP contribution in [0.5, 0.6) is 0 Å². The second kappa shape index (κ2) is 19.2. The van der Waals surface area contributed by atoms with E-state index in [0.29, 0.717) is 38.9 Å². The monoisotopic (exact) mass is 478 g/mol. The van der Waals surface area contributed by atoms with Gasteiger partial charge in [-0.2, -0.15) is 0 Å². The van der Waals surface area contributed by atoms with Crippen LogP contribution in [0, 0.1) is 0 Å². The first-order valence-electron chi connectivity index (χ1n) is 12.9. The highest BCUT2D eigenvalue weighted by Gasteiger charge is 2.25. The minimum atomic E-state index is -0.779. The van der Waals surface area contributed by atoms with Gasteiger partial charge in [0.25, 0.3) is 0 Å². The Balaban J connectivity index is 2.68. The molecule has 2 unspecified atom stereocenters. The Bertz CT molecular complexity index is 656. The van der Waals surface area contributed by atoms with Crippen molar-refractivity contribution in [1.82, 2.24) is 10.6 Å². The van der Waals surface area contributed by atoms with Crippen molar-refractivity contribution in [3.63, 3.8) is 0 Å². The Kier molecular flexibility index (Phi) is 16.9. The van der Waals surface area contributed by atoms with E-state index in [-0.39, 0.29) is 11.9 Å². The lowest BCUT2D eigenvalue weighted by Gasteiger charge is -2.24. The largest absolute Gasteiger partial charge is 0.450 e. The van der Waals surface area contributed by atoms with Gasteiger partial charge < -0.3 is 25.2 Å². The number of benzene rings is 1. The van der Waals surface area contributed by atoms with Crippen molar-refractivity contribution in [2.24, 2.45) is 0 Å². The SMILES string of the molecule is CCCCCCCC(O)CCC(NC(=O)OCCCC)C(=O)N[C@H](COC)Cc1ccccc1. The normalized spacial score (nSPS) is 13.6. The van der Waals surface area contributed by atoms with Crippen molar-refractivity contribution in [3.8, 4) is 0 Å². The molecule has 194 valence electrons. The van der Waals surface area contributed by atoms with Crippen molar-refractivity contribution in [1.29, 1.82) is 0 Å². The minimum absolute atomic E-state index is 0.233. The fourth-order valence-corrected chi connectivity index (χ4v) is 3.80. The van der Waals surface area contributed by atoms with Crippen LogP contribution in [0.1, 0.15) is 83.6 Å². The van der Waals surface area contributed by atoms with Gasteiger partial charge in [0.2, 0.25) is 5.91 Å². The molecule has 0 radical (unpaired) electrons. The second-order valence-electron chi connectivity index (χ2n) is 8.97. The maximum Gasteiger partial charge on any atom is 0.407 e. The molecule has 0 spiro atoms. The number of ether oxygens (including phenoxy) is 2. The Hall–Kier alpha value is -2.12. The zero-order valence-electron chi connectivity index (χ0n) is 21.4. The minimum Gasteiger partial charge on any atom is -0.450 e. The third kappa shape index (κ3) is 14.2. The molecule has 1 rings (SSSR count). The molecule has 0 aliphatic heterocycles. The van der Waals surface area contributed by atoms with E-state index in [1.807, 2.05) is 37.3 Å². The number of hydrogen-bond donors (Lipinski definition) is 3. The van der Waals surface area contributed by atoms with Crippen LogP contribution in [0.3, 0.4) is 0 Å². The highest BCUT2D eigenvalue weighted by atomic mass is 16.5. The molecule has 7 nitrogen and oxygen atoms in total. The summed E-state index contributed by atoms with van der Waals surface area (Å²) >= 11 is 0. The highest BCUT2D eigenvalue weighted by molar-refractivity contribution is 5.85. The van der Waals surface area contributed by atoms with Gasteiger partial charge in [0, 0.05) is 7.11 Å². The summed E-state index contributed by atoms with van der Waals surface area (Å²) < 4.78 is 10.5. The average molecular weight is 479 g/mol. The number of carbonyl (C=O) groups excluding carboxylic acids is 2. The lowest BCUT2D eigenvalue weighted by Crippen LogP contribution is -2.51. The maximum absolute atomic E-state index is 13.1. The van der Waals surface area contributed by atoms with E-state index in [0.717, 1.165) is 31.2 Å². The molecule has 3 N–H and O–H groups in total. The standard InChI is InChI=1S/C27H46N2O5/c1-4-6-8-9-13-16-24(30)17-18-25(29-27(32)34-19-7-5-2)26(31)28-23(21-33-3)20-22-14-11-10-12-15-22/h10-12,14-15,23-25,30H,4-9,13,16-21H2,1-3H3,(H,28,31)(H,29,32)/t23-,24?,25?/m0/s1. The van der Waals surface area contributed by atoms with E-state index in [9.17, 15) is 14.7 Å². The van der Waals surface area contributed by atoms with Gasteiger partial charge in [0.1, 0.15) is 6.04 Å². The van der Waals surface area contributed by atoms with Gasteiger partial charge in [0.05, 0.1) is 25.4 Å². The van der Waals surface area contributed by atoms with Crippen molar-refractivity contribution in [2.75, 3.05) is 20.3 Å². The van der Waals surface area contributed by atoms with Crippen LogP contribution in [-0.4, -0.2) is 55.6 Å². The third-order valence-electron chi connectivity index (χ3n) is 5.81. The van der Waals surface area contributed by atoms with E-state index in [4.69, 9.17) is 9.47 Å². The molecular formula is C27H46N2O5. The fourth-order valence-electron chi connectivity index (χ4n) is 3.80. The third-order valence-corrected chi connectivity index (χ3v) is 5.81. The zero-order valence-corrected chi connectivity index (χ0v) is 21.4. The number of unbranched alkanes of at least 4 members (excludes halogenated alkanes) is 5. The molecule has 0 saturated heterocycles. The van der Waals surface area contributed by atoms with Gasteiger partial charge in [-0.25, -0.2) is 4.79 Å². The summed E-state index contributed by atoms with van der Waals surface area (Å²) in [6.07, 6.45) is 8.37. The van der Waals surface area contributed by atoms with E-state index in [1.54, 1.807) is 7.11 Å². The molecule has 0 heterocycles. The predicted molar refractivity (Wildman–Crippen MR) is 136 cm³/mol. The molecule has 0 bridgehead atoms. The van der Waals surface area contributed by atoms with Crippen LogP contribution in [0.2, 0.25) is 0 Å². The molecule has 1 aromatic carbocycles. The summed E-state index contributed by atoms with van der Waals surface area (Å²) in [6.45, 7) is 4.87. The van der Waals surface area contributed by atoms with E-state index < -0.39 is 18.2 Å². The average Bonchev–Trinajstić information content (AvgIpc) is 2.82. The van der Waals surface area contributed by atoms with Crippen molar-refractivity contribution >= 4 is 12.0 Å². The van der Waals surface area contributed by atoms with Crippen LogP contribution in [0.25, 0.3) is 0 Å². The van der Waals surface area contributed by atoms with Crippen LogP contribution in [0.4, 0.5) is 4.79 Å². The summed E-state index contributed by atoms with van der Waals surface area (Å²) in [5, 5.41) is 16.1. The Labute approximate surface area is 206 Å². The molecular weight excluding hydrogens is 432 g/mol. The van der Waals surface area contributed by atoms with Gasteiger partial charge in [-0.3, -0.25) is 4.79 Å². The lowest BCUT2D eigenvalue weighted by molar-refractivity contribution is -0.124. The number of carbonyl (C=O) groups is 2. The van der Waals surface area contributed by atoms with E-state index in [1.165, 1.54) is 19.3 Å². The zero-order chi connectivity index (χ0) is 25.0. The van der Waals surface area contributed by atoms with Crippen LogP contribution >= 0.6 is 0 Å². The number of alkyl carbamates (subject to hydrolysis) is 1. The first kappa shape index (κ1) is 29.9. The van der Waals surface area contributed by atoms with Gasteiger partial charge in [-0.05, 0) is 37.7 Å². The van der Waals surface area contributed by atoms with Gasteiger partial charge in [-0.15, -0.1) is 0 Å². The topological polar surface area (TPSA) is 96.9 Å². The first-order valence-corrected chi connectivity index (χ1v) is 12.9. The van der Waals surface area contributed by atoms with Crippen molar-refractivity contribution < 1.29 is 24.2 Å². The molecule has 0 aliphatic carbocycles. The maximum atomic E-state index is 13.1. The molecule has 0 aliphatic rings. The van der Waals surface area contributed by atoms with E-state index >= 15 is 0 Å². The molecule has 2 amide bonds. The summed E-state index contributed by atoms with van der Waals surface area (Å²) in [7, 11) is 1.60. The van der Waals surface area contributed by atoms with Crippen molar-refractivity contribution in [3.05, 3.63) is 35.9 Å². The molecule has 7 heteroatoms. The van der Waals surface area contributed by atoms with Gasteiger partial charge in [-0.1, -0.05) is 82.7 Å². The van der Waals surface area contributed by atoms with Crippen LogP contribution < -0.4 is 10.6 Å². The quantitative estimate of drug-likeness (QED) is 0.249. The lowest BCUT2D eigenvalue weighted by atomic mass is 10.0. The summed E-state index contributed by atoms with van der Waals surface area (Å²) in [6, 6.07) is 8.87. The highest BCUT2D eigenvalue weighted by Crippen LogP contribution is 2.13. The first-order chi connectivity index (χ1) is 16.5. The number of hydrogen-bond acceptors (Lipinski definition) is 5. The number of aliphatic hydroxyl groups excluding tert-OH is 1. The molecule has 0 saturated carbocycles. The Morgan fingerprint density at radius 3 is 2.29 bits per heavy atom. The molecule has 0 fully saturated rings. The van der Waals surface area contributed by atoms with Gasteiger partial charge >= 0.3 is 6.09 Å². The molecule has 0 aromatic heterocycles. The number of methoxy groups -OCH3 is 1. The van der Waals surface area contributed by atoms with Crippen LogP contribution in [0.15, 0.2) is 30.3 Å². The molecule has 3 atom stereocenters. The number of nitrogens with one attached hydrogen (secondary N) is 2. The Morgan fingerprint density at radius 2 is 1.62 bits per heavy atom. The number of amides is 2. The summed E-state index contributed by atoms with van der Waals surface area (Å²) in [4.78, 5) is 25.4. The summed E-state index contributed by atoms with van der Waals surface area (Å²) in [5.74, 6) is -0.291. The number of rotatable bonds is 19. The van der Waals surface area contributed by atoms with Gasteiger partial charge in [0.15, 0.2) is 0 Å². The van der Waals surface area contributed by atoms with Crippen molar-refractivity contribution in [2.45, 2.75) is 103 Å². The fraction of sp³-hybridized carbons (Fsp3) is 0.704. The van der Waals surface area contributed by atoms with E-state index in [2.05, 4.69) is 17.6 Å². The predicted octanol–water partition coefficient (Wildman–Crippen LogP) is 4.76. The Morgan fingerprint density at radius 1 is 0.912 bits per heavy atom. The molecule has 1 aromatic rings. The summed E-state index contributed by atoms with van der Waals surface area (Å²) in [5.41, 5.74) is 1.09. The van der Waals surface area contributed by atoms with Crippen LogP contribution in [-0.2, 0) is 20.7 Å². The molecule has 34 heavy (non-hydrogen) atoms.